The molecule has 1 fully saturated rings. The van der Waals surface area contributed by atoms with E-state index in [0.717, 1.165) is 21.2 Å². The van der Waals surface area contributed by atoms with E-state index in [0.29, 0.717) is 33.1 Å². The minimum Gasteiger partial charge on any atom is -0.488 e. The van der Waals surface area contributed by atoms with E-state index in [9.17, 15) is 4.79 Å². The Kier molecular flexibility index (Phi) is 7.13. The van der Waals surface area contributed by atoms with E-state index >= 15 is 0 Å². The average molecular weight is 531 g/mol. The standard InChI is InChI=1S/C24H17BrClNO2S2/c25-19-10-11-21(29-15-17-8-4-5-9-20(17)26)18(12-19)13-22-23(28)27(24(30)31-22)14-16-6-2-1-3-7-16/h1-13H,14-15H2/b22-13-. The van der Waals surface area contributed by atoms with E-state index in [2.05, 4.69) is 15.9 Å². The Bertz CT molecular complexity index is 1170. The van der Waals surface area contributed by atoms with Gasteiger partial charge in [0, 0.05) is 20.6 Å². The number of carbonyl (C=O) groups excluding carboxylic acids is 1. The van der Waals surface area contributed by atoms with Crippen LogP contribution in [0.25, 0.3) is 6.08 Å². The highest BCUT2D eigenvalue weighted by molar-refractivity contribution is 9.10. The molecule has 0 bridgehead atoms. The molecule has 0 aromatic heterocycles. The molecule has 0 N–H and O–H groups in total. The lowest BCUT2D eigenvalue weighted by Gasteiger charge is -2.14. The number of hydrogen-bond acceptors (Lipinski definition) is 4. The summed E-state index contributed by atoms with van der Waals surface area (Å²) in [6.07, 6.45) is 1.83. The first-order valence-electron chi connectivity index (χ1n) is 9.46. The number of halogens is 2. The Balaban J connectivity index is 1.56. The fourth-order valence-electron chi connectivity index (χ4n) is 3.08. The molecule has 0 spiro atoms. The van der Waals surface area contributed by atoms with E-state index in [-0.39, 0.29) is 5.91 Å². The van der Waals surface area contributed by atoms with Crippen LogP contribution in [-0.4, -0.2) is 15.1 Å². The molecule has 31 heavy (non-hydrogen) atoms. The van der Waals surface area contributed by atoms with Crippen molar-refractivity contribution in [3.05, 3.63) is 104 Å². The Morgan fingerprint density at radius 3 is 2.58 bits per heavy atom. The summed E-state index contributed by atoms with van der Waals surface area (Å²) < 4.78 is 7.48. The molecule has 1 aliphatic rings. The maximum absolute atomic E-state index is 13.0. The Morgan fingerprint density at radius 2 is 1.81 bits per heavy atom. The van der Waals surface area contributed by atoms with Crippen molar-refractivity contribution in [3.63, 3.8) is 0 Å². The smallest absolute Gasteiger partial charge is 0.266 e. The van der Waals surface area contributed by atoms with Gasteiger partial charge in [-0.15, -0.1) is 0 Å². The first-order valence-corrected chi connectivity index (χ1v) is 11.9. The Labute approximate surface area is 204 Å². The zero-order valence-corrected chi connectivity index (χ0v) is 20.2. The highest BCUT2D eigenvalue weighted by Gasteiger charge is 2.32. The lowest BCUT2D eigenvalue weighted by Crippen LogP contribution is -2.27. The molecule has 0 aliphatic carbocycles. The predicted octanol–water partition coefficient (Wildman–Crippen LogP) is 7.08. The summed E-state index contributed by atoms with van der Waals surface area (Å²) >= 11 is 16.5. The monoisotopic (exact) mass is 529 g/mol. The van der Waals surface area contributed by atoms with Gasteiger partial charge in [0.15, 0.2) is 0 Å². The van der Waals surface area contributed by atoms with E-state index in [4.69, 9.17) is 28.6 Å². The molecule has 1 amide bonds. The fraction of sp³-hybridized carbons (Fsp3) is 0.0833. The number of thiocarbonyl (C=S) groups is 1. The molecule has 4 rings (SSSR count). The van der Waals surface area contributed by atoms with Crippen LogP contribution < -0.4 is 4.74 Å². The molecule has 0 radical (unpaired) electrons. The molecule has 3 aromatic rings. The first kappa shape index (κ1) is 22.1. The molecule has 0 unspecified atom stereocenters. The molecule has 156 valence electrons. The third-order valence-corrected chi connectivity index (χ3v) is 6.90. The van der Waals surface area contributed by atoms with Gasteiger partial charge in [0.05, 0.1) is 11.4 Å². The van der Waals surface area contributed by atoms with Gasteiger partial charge in [0.1, 0.15) is 16.7 Å². The highest BCUT2D eigenvalue weighted by atomic mass is 79.9. The van der Waals surface area contributed by atoms with Gasteiger partial charge in [-0.25, -0.2) is 0 Å². The van der Waals surface area contributed by atoms with Crippen molar-refractivity contribution in [2.24, 2.45) is 0 Å². The maximum Gasteiger partial charge on any atom is 0.266 e. The summed E-state index contributed by atoms with van der Waals surface area (Å²) in [5.41, 5.74) is 2.72. The molecule has 1 aliphatic heterocycles. The van der Waals surface area contributed by atoms with Crippen LogP contribution in [0.4, 0.5) is 0 Å². The molecule has 1 saturated heterocycles. The summed E-state index contributed by atoms with van der Waals surface area (Å²) in [6.45, 7) is 0.786. The number of ether oxygens (including phenoxy) is 1. The summed E-state index contributed by atoms with van der Waals surface area (Å²) in [5, 5.41) is 0.656. The van der Waals surface area contributed by atoms with Crippen molar-refractivity contribution >= 4 is 67.8 Å². The first-order chi connectivity index (χ1) is 15.0. The van der Waals surface area contributed by atoms with Crippen LogP contribution in [-0.2, 0) is 17.9 Å². The second kappa shape index (κ2) is 10.0. The molecule has 1 heterocycles. The van der Waals surface area contributed by atoms with Crippen molar-refractivity contribution in [2.45, 2.75) is 13.2 Å². The van der Waals surface area contributed by atoms with Crippen LogP contribution >= 0.6 is 51.5 Å². The van der Waals surface area contributed by atoms with E-state index in [1.807, 2.05) is 78.9 Å². The lowest BCUT2D eigenvalue weighted by molar-refractivity contribution is -0.122. The predicted molar refractivity (Wildman–Crippen MR) is 135 cm³/mol. The number of benzene rings is 3. The highest BCUT2D eigenvalue weighted by Crippen LogP contribution is 2.36. The number of amides is 1. The normalized spacial score (nSPS) is 15.0. The summed E-state index contributed by atoms with van der Waals surface area (Å²) in [5.74, 6) is 0.562. The van der Waals surface area contributed by atoms with Crippen molar-refractivity contribution in [3.8, 4) is 5.75 Å². The van der Waals surface area contributed by atoms with E-state index in [1.165, 1.54) is 11.8 Å². The zero-order valence-electron chi connectivity index (χ0n) is 16.3. The Hall–Kier alpha value is -2.12. The molecular formula is C24H17BrClNO2S2. The second-order valence-corrected chi connectivity index (χ2v) is 9.81. The van der Waals surface area contributed by atoms with Crippen molar-refractivity contribution in [2.75, 3.05) is 0 Å². The molecule has 0 atom stereocenters. The number of carbonyl (C=O) groups is 1. The van der Waals surface area contributed by atoms with Gasteiger partial charge in [-0.2, -0.15) is 0 Å². The number of rotatable bonds is 6. The van der Waals surface area contributed by atoms with Gasteiger partial charge in [-0.3, -0.25) is 9.69 Å². The maximum atomic E-state index is 13.0. The van der Waals surface area contributed by atoms with Gasteiger partial charge in [-0.1, -0.05) is 100 Å². The SMILES string of the molecule is O=C1/C(=C/c2cc(Br)ccc2OCc2ccccc2Cl)SC(=S)N1Cc1ccccc1. The fourth-order valence-corrected chi connectivity index (χ4v) is 4.89. The third-order valence-electron chi connectivity index (χ3n) is 4.66. The van der Waals surface area contributed by atoms with Crippen LogP contribution in [0.15, 0.2) is 82.2 Å². The van der Waals surface area contributed by atoms with Crippen LogP contribution in [0.3, 0.4) is 0 Å². The molecule has 7 heteroatoms. The number of thioether (sulfide) groups is 1. The van der Waals surface area contributed by atoms with Gasteiger partial charge < -0.3 is 4.74 Å². The molecule has 3 nitrogen and oxygen atoms in total. The van der Waals surface area contributed by atoms with E-state index < -0.39 is 0 Å². The molecule has 0 saturated carbocycles. The number of hydrogen-bond donors (Lipinski definition) is 0. The van der Waals surface area contributed by atoms with Gasteiger partial charge in [-0.05, 0) is 35.9 Å². The quantitative estimate of drug-likeness (QED) is 0.251. The van der Waals surface area contributed by atoms with Crippen molar-refractivity contribution in [1.29, 1.82) is 0 Å². The second-order valence-electron chi connectivity index (χ2n) is 6.82. The third kappa shape index (κ3) is 5.39. The lowest BCUT2D eigenvalue weighted by atomic mass is 10.1. The van der Waals surface area contributed by atoms with Gasteiger partial charge >= 0.3 is 0 Å². The average Bonchev–Trinajstić information content (AvgIpc) is 3.02. The minimum atomic E-state index is -0.101. The largest absolute Gasteiger partial charge is 0.488 e. The molecular weight excluding hydrogens is 514 g/mol. The number of nitrogens with zero attached hydrogens (tertiary/aromatic N) is 1. The topological polar surface area (TPSA) is 29.5 Å². The summed E-state index contributed by atoms with van der Waals surface area (Å²) in [7, 11) is 0. The van der Waals surface area contributed by atoms with Crippen molar-refractivity contribution < 1.29 is 9.53 Å². The van der Waals surface area contributed by atoms with Crippen LogP contribution in [0.5, 0.6) is 5.75 Å². The van der Waals surface area contributed by atoms with Crippen molar-refractivity contribution in [1.82, 2.24) is 4.90 Å². The van der Waals surface area contributed by atoms with Gasteiger partial charge in [0.2, 0.25) is 0 Å². The van der Waals surface area contributed by atoms with E-state index in [1.54, 1.807) is 4.90 Å². The van der Waals surface area contributed by atoms with Crippen LogP contribution in [0.2, 0.25) is 5.02 Å². The summed E-state index contributed by atoms with van der Waals surface area (Å²) in [4.78, 5) is 15.2. The van der Waals surface area contributed by atoms with Gasteiger partial charge in [0.25, 0.3) is 5.91 Å². The minimum absolute atomic E-state index is 0.101. The Morgan fingerprint density at radius 1 is 1.06 bits per heavy atom. The molecule has 3 aromatic carbocycles. The summed E-state index contributed by atoms with van der Waals surface area (Å²) in [6, 6.07) is 23.1. The zero-order chi connectivity index (χ0) is 21.8. The van der Waals surface area contributed by atoms with Crippen LogP contribution in [0.1, 0.15) is 16.7 Å². The van der Waals surface area contributed by atoms with Crippen LogP contribution in [0, 0.1) is 0 Å².